The van der Waals surface area contributed by atoms with Crippen LogP contribution in [0.4, 0.5) is 0 Å². The van der Waals surface area contributed by atoms with Crippen LogP contribution in [0.5, 0.6) is 0 Å². The van der Waals surface area contributed by atoms with Crippen molar-refractivity contribution in [3.63, 3.8) is 0 Å². The summed E-state index contributed by atoms with van der Waals surface area (Å²) in [4.78, 5) is 22.3. The lowest BCUT2D eigenvalue weighted by atomic mass is 9.96. The summed E-state index contributed by atoms with van der Waals surface area (Å²) in [5.74, 6) is -1.28. The van der Waals surface area contributed by atoms with Crippen molar-refractivity contribution in [1.82, 2.24) is 5.32 Å². The smallest absolute Gasteiger partial charge is 0.237 e. The fourth-order valence-corrected chi connectivity index (χ4v) is 2.11. The molecule has 22 heavy (non-hydrogen) atoms. The molecule has 0 spiro atoms. The van der Waals surface area contributed by atoms with Crippen molar-refractivity contribution in [2.45, 2.75) is 56.6 Å². The number of nitrogens with two attached hydrogens (primary N) is 2. The van der Waals surface area contributed by atoms with Gasteiger partial charge < -0.3 is 41.6 Å². The molecule has 7 atom stereocenters. The van der Waals surface area contributed by atoms with Gasteiger partial charge in [-0.15, -0.1) is 0 Å². The molecule has 0 aromatic rings. The first kappa shape index (κ1) is 18.7. The van der Waals surface area contributed by atoms with Crippen LogP contribution < -0.4 is 16.8 Å². The molecular weight excluding hydrogens is 298 g/mol. The Balaban J connectivity index is 2.89. The molecule has 0 aromatic carbocycles. The third-order valence-corrected chi connectivity index (χ3v) is 3.43. The third kappa shape index (κ3) is 4.35. The van der Waals surface area contributed by atoms with E-state index in [0.29, 0.717) is 0 Å². The number of carbonyl (C=O) groups is 2. The minimum atomic E-state index is -1.43. The fraction of sp³-hybridized carbons (Fsp3) is 0.833. The molecule has 0 aliphatic carbocycles. The summed E-state index contributed by atoms with van der Waals surface area (Å²) in [6.45, 7) is 2.11. The average molecular weight is 321 g/mol. The molecule has 1 fully saturated rings. The Labute approximate surface area is 127 Å². The SMILES string of the molecule is CC(=O)NC1C(O[C@H](C)C(N)C(N)=O)OC(CO)C(O)C1O. The van der Waals surface area contributed by atoms with Crippen LogP contribution in [0.25, 0.3) is 0 Å². The molecule has 0 aromatic heterocycles. The van der Waals surface area contributed by atoms with E-state index in [1.54, 1.807) is 0 Å². The Morgan fingerprint density at radius 1 is 1.36 bits per heavy atom. The van der Waals surface area contributed by atoms with E-state index in [2.05, 4.69) is 5.32 Å². The van der Waals surface area contributed by atoms with Crippen molar-refractivity contribution in [2.75, 3.05) is 6.61 Å². The Hall–Kier alpha value is -1.30. The number of ether oxygens (including phenoxy) is 2. The molecule has 0 bridgehead atoms. The maximum atomic E-state index is 11.2. The molecule has 10 heteroatoms. The first-order valence-electron chi connectivity index (χ1n) is 6.79. The van der Waals surface area contributed by atoms with Crippen LogP contribution in [0.1, 0.15) is 13.8 Å². The maximum Gasteiger partial charge on any atom is 0.237 e. The zero-order valence-electron chi connectivity index (χ0n) is 12.4. The largest absolute Gasteiger partial charge is 0.394 e. The average Bonchev–Trinajstić information content (AvgIpc) is 2.45. The van der Waals surface area contributed by atoms with Gasteiger partial charge in [-0.3, -0.25) is 9.59 Å². The molecule has 1 aliphatic heterocycles. The quantitative estimate of drug-likeness (QED) is 0.288. The Morgan fingerprint density at radius 3 is 2.41 bits per heavy atom. The number of hydrogen-bond donors (Lipinski definition) is 6. The van der Waals surface area contributed by atoms with Crippen molar-refractivity contribution in [3.8, 4) is 0 Å². The number of hydrogen-bond acceptors (Lipinski definition) is 8. The number of nitrogens with one attached hydrogen (secondary N) is 1. The lowest BCUT2D eigenvalue weighted by molar-refractivity contribution is -0.281. The summed E-state index contributed by atoms with van der Waals surface area (Å²) in [5, 5.41) is 31.4. The minimum Gasteiger partial charge on any atom is -0.394 e. The highest BCUT2D eigenvalue weighted by Gasteiger charge is 2.46. The highest BCUT2D eigenvalue weighted by molar-refractivity contribution is 5.80. The van der Waals surface area contributed by atoms with Gasteiger partial charge in [0.25, 0.3) is 0 Å². The molecule has 1 rings (SSSR count). The number of amides is 2. The maximum absolute atomic E-state index is 11.2. The molecule has 6 unspecified atom stereocenters. The van der Waals surface area contributed by atoms with Crippen LogP contribution in [-0.2, 0) is 19.1 Å². The van der Waals surface area contributed by atoms with Crippen molar-refractivity contribution < 1.29 is 34.4 Å². The van der Waals surface area contributed by atoms with Gasteiger partial charge >= 0.3 is 0 Å². The predicted molar refractivity (Wildman–Crippen MR) is 73.1 cm³/mol. The Bertz CT molecular complexity index is 408. The van der Waals surface area contributed by atoms with Crippen molar-refractivity contribution in [1.29, 1.82) is 0 Å². The molecule has 2 amide bonds. The van der Waals surface area contributed by atoms with Gasteiger partial charge in [-0.1, -0.05) is 0 Å². The van der Waals surface area contributed by atoms with Gasteiger partial charge in [0.15, 0.2) is 6.29 Å². The van der Waals surface area contributed by atoms with Crippen molar-refractivity contribution >= 4 is 11.8 Å². The van der Waals surface area contributed by atoms with E-state index in [-0.39, 0.29) is 0 Å². The molecule has 8 N–H and O–H groups in total. The number of carbonyl (C=O) groups excluding carboxylic acids is 2. The monoisotopic (exact) mass is 321 g/mol. The molecule has 0 saturated carbocycles. The van der Waals surface area contributed by atoms with E-state index in [0.717, 1.165) is 0 Å². The molecule has 1 saturated heterocycles. The van der Waals surface area contributed by atoms with E-state index < -0.39 is 61.2 Å². The zero-order valence-corrected chi connectivity index (χ0v) is 12.4. The van der Waals surface area contributed by atoms with Gasteiger partial charge in [-0.2, -0.15) is 0 Å². The highest BCUT2D eigenvalue weighted by Crippen LogP contribution is 2.23. The summed E-state index contributed by atoms with van der Waals surface area (Å²) in [6.07, 6.45) is -6.05. The summed E-state index contributed by atoms with van der Waals surface area (Å²) in [5.41, 5.74) is 10.6. The topological polar surface area (TPSA) is 177 Å². The molecule has 1 heterocycles. The summed E-state index contributed by atoms with van der Waals surface area (Å²) in [6, 6.07) is -2.23. The van der Waals surface area contributed by atoms with Gasteiger partial charge in [0.1, 0.15) is 30.4 Å². The second-order valence-electron chi connectivity index (χ2n) is 5.20. The molecule has 0 radical (unpaired) electrons. The van der Waals surface area contributed by atoms with Crippen molar-refractivity contribution in [2.24, 2.45) is 11.5 Å². The first-order chi connectivity index (χ1) is 10.2. The Morgan fingerprint density at radius 2 is 1.95 bits per heavy atom. The highest BCUT2D eigenvalue weighted by atomic mass is 16.7. The zero-order chi connectivity index (χ0) is 17.0. The lowest BCUT2D eigenvalue weighted by Crippen LogP contribution is -2.65. The van der Waals surface area contributed by atoms with Gasteiger partial charge in [0.05, 0.1) is 12.7 Å². The van der Waals surface area contributed by atoms with Crippen LogP contribution in [0.2, 0.25) is 0 Å². The second-order valence-corrected chi connectivity index (χ2v) is 5.20. The van der Waals surface area contributed by atoms with E-state index in [9.17, 15) is 19.8 Å². The number of aliphatic hydroxyl groups excluding tert-OH is 3. The molecular formula is C12H23N3O7. The number of aliphatic hydroxyl groups is 3. The molecule has 10 nitrogen and oxygen atoms in total. The van der Waals surface area contributed by atoms with E-state index in [4.69, 9.17) is 26.0 Å². The minimum absolute atomic E-state index is 0.484. The number of primary amides is 1. The van der Waals surface area contributed by atoms with Crippen LogP contribution in [-0.4, -0.2) is 76.5 Å². The van der Waals surface area contributed by atoms with E-state index >= 15 is 0 Å². The van der Waals surface area contributed by atoms with Crippen LogP contribution in [0, 0.1) is 0 Å². The van der Waals surface area contributed by atoms with Crippen LogP contribution in [0.15, 0.2) is 0 Å². The first-order valence-corrected chi connectivity index (χ1v) is 6.79. The van der Waals surface area contributed by atoms with E-state index in [1.807, 2.05) is 0 Å². The van der Waals surface area contributed by atoms with Crippen molar-refractivity contribution in [3.05, 3.63) is 0 Å². The normalized spacial score (nSPS) is 34.7. The summed E-state index contributed by atoms with van der Waals surface area (Å²) < 4.78 is 10.8. The standard InChI is InChI=1S/C12H23N3O7/c1-4(7(13)11(14)20)21-12-8(15-5(2)17)10(19)9(18)6(3-16)22-12/h4,6-10,12,16,18-19H,3,13H2,1-2H3,(H2,14,20)(H,15,17)/t4-,6?,7?,8?,9?,10?,12?/m1/s1. The third-order valence-electron chi connectivity index (χ3n) is 3.43. The second kappa shape index (κ2) is 7.81. The lowest BCUT2D eigenvalue weighted by Gasteiger charge is -2.43. The summed E-state index contributed by atoms with van der Waals surface area (Å²) in [7, 11) is 0. The molecule has 128 valence electrons. The van der Waals surface area contributed by atoms with Gasteiger partial charge in [0.2, 0.25) is 11.8 Å². The van der Waals surface area contributed by atoms with Gasteiger partial charge in [-0.25, -0.2) is 0 Å². The van der Waals surface area contributed by atoms with Crippen LogP contribution in [0.3, 0.4) is 0 Å². The fourth-order valence-electron chi connectivity index (χ4n) is 2.11. The van der Waals surface area contributed by atoms with Gasteiger partial charge in [-0.05, 0) is 6.92 Å². The predicted octanol–water partition coefficient (Wildman–Crippen LogP) is -3.85. The van der Waals surface area contributed by atoms with Crippen LogP contribution >= 0.6 is 0 Å². The van der Waals surface area contributed by atoms with Gasteiger partial charge in [0, 0.05) is 6.92 Å². The summed E-state index contributed by atoms with van der Waals surface area (Å²) >= 11 is 0. The van der Waals surface area contributed by atoms with E-state index in [1.165, 1.54) is 13.8 Å². The molecule has 1 aliphatic rings. The Kier molecular flexibility index (Phi) is 6.66. The number of rotatable bonds is 6.